The Balaban J connectivity index is 2.23. The predicted octanol–water partition coefficient (Wildman–Crippen LogP) is 4.07. The number of carbonyl (C=O) groups is 1. The van der Waals surface area contributed by atoms with E-state index in [0.29, 0.717) is 6.61 Å². The van der Waals surface area contributed by atoms with Crippen molar-refractivity contribution in [2.75, 3.05) is 11.9 Å². The summed E-state index contributed by atoms with van der Waals surface area (Å²) in [5.41, 5.74) is -0.0579. The Kier molecular flexibility index (Phi) is 7.64. The van der Waals surface area contributed by atoms with Crippen molar-refractivity contribution in [3.63, 3.8) is 0 Å². The van der Waals surface area contributed by atoms with Gasteiger partial charge in [0.2, 0.25) is 0 Å². The number of halogens is 1. The first kappa shape index (κ1) is 16.4. The Labute approximate surface area is 125 Å². The molecule has 0 spiro atoms. The predicted molar refractivity (Wildman–Crippen MR) is 77.3 cm³/mol. The molecule has 1 aromatic carbocycles. The minimum atomic E-state index is -0.792. The van der Waals surface area contributed by atoms with Crippen LogP contribution in [0, 0.1) is 10.1 Å². The van der Waals surface area contributed by atoms with E-state index in [1.165, 1.54) is 24.3 Å². The number of nitrogens with zero attached hydrogens (tertiary/aromatic N) is 1. The highest BCUT2D eigenvalue weighted by Gasteiger charge is 2.08. The molecule has 1 rings (SSSR count). The average Bonchev–Trinajstić information content (AvgIpc) is 2.43. The molecule has 0 aliphatic rings. The fourth-order valence-electron chi connectivity index (χ4n) is 1.47. The van der Waals surface area contributed by atoms with Crippen molar-refractivity contribution < 1.29 is 19.2 Å². The topological polar surface area (TPSA) is 78.7 Å². The van der Waals surface area contributed by atoms with Gasteiger partial charge in [0.15, 0.2) is 0 Å². The summed E-state index contributed by atoms with van der Waals surface area (Å²) < 4.78 is 9.78. The van der Waals surface area contributed by atoms with Crippen LogP contribution in [0.25, 0.3) is 0 Å². The molecule has 7 heteroatoms. The number of hydrogen-bond donors (Lipinski definition) is 0. The molecule has 0 N–H and O–H groups in total. The lowest BCUT2D eigenvalue weighted by molar-refractivity contribution is -0.384. The Hall–Kier alpha value is -1.63. The van der Waals surface area contributed by atoms with E-state index in [-0.39, 0.29) is 11.4 Å². The standard InChI is InChI=1S/C13H16BrNO5/c14-9-3-1-2-4-10-19-13(16)20-12-7-5-11(6-8-12)15(17)18/h5-8H,1-4,9-10H2. The van der Waals surface area contributed by atoms with Gasteiger partial charge in [0.05, 0.1) is 11.5 Å². The van der Waals surface area contributed by atoms with Crippen molar-refractivity contribution in [1.29, 1.82) is 0 Å². The average molecular weight is 346 g/mol. The molecular weight excluding hydrogens is 330 g/mol. The van der Waals surface area contributed by atoms with Gasteiger partial charge in [-0.1, -0.05) is 28.8 Å². The van der Waals surface area contributed by atoms with Crippen molar-refractivity contribution in [3.05, 3.63) is 34.4 Å². The maximum absolute atomic E-state index is 11.3. The van der Waals surface area contributed by atoms with E-state index in [0.717, 1.165) is 31.0 Å². The zero-order chi connectivity index (χ0) is 14.8. The highest BCUT2D eigenvalue weighted by atomic mass is 79.9. The maximum Gasteiger partial charge on any atom is 0.513 e. The van der Waals surface area contributed by atoms with Gasteiger partial charge in [0, 0.05) is 17.5 Å². The molecule has 0 amide bonds. The number of nitro groups is 1. The Bertz CT molecular complexity index is 435. The van der Waals surface area contributed by atoms with Gasteiger partial charge in [-0.3, -0.25) is 10.1 Å². The third-order valence-corrected chi connectivity index (χ3v) is 3.06. The number of unbranched alkanes of at least 4 members (excludes halogenated alkanes) is 3. The lowest BCUT2D eigenvalue weighted by atomic mass is 10.2. The van der Waals surface area contributed by atoms with Crippen molar-refractivity contribution >= 4 is 27.8 Å². The molecule has 0 saturated carbocycles. The van der Waals surface area contributed by atoms with E-state index in [1.54, 1.807) is 0 Å². The second-order valence-electron chi connectivity index (χ2n) is 4.05. The summed E-state index contributed by atoms with van der Waals surface area (Å²) >= 11 is 3.35. The molecule has 0 saturated heterocycles. The first-order valence-corrected chi connectivity index (χ1v) is 7.40. The molecule has 0 aliphatic carbocycles. The molecule has 110 valence electrons. The van der Waals surface area contributed by atoms with E-state index in [9.17, 15) is 14.9 Å². The fourth-order valence-corrected chi connectivity index (χ4v) is 1.86. The van der Waals surface area contributed by atoms with Gasteiger partial charge in [-0.15, -0.1) is 0 Å². The van der Waals surface area contributed by atoms with Crippen LogP contribution >= 0.6 is 15.9 Å². The van der Waals surface area contributed by atoms with Gasteiger partial charge in [-0.05, 0) is 25.0 Å². The van der Waals surface area contributed by atoms with Crippen LogP contribution in [-0.2, 0) is 4.74 Å². The van der Waals surface area contributed by atoms with Gasteiger partial charge in [0.25, 0.3) is 5.69 Å². The molecule has 0 atom stereocenters. The highest BCUT2D eigenvalue weighted by Crippen LogP contribution is 2.17. The first-order chi connectivity index (χ1) is 9.63. The molecule has 1 aromatic rings. The summed E-state index contributed by atoms with van der Waals surface area (Å²) in [7, 11) is 0. The quantitative estimate of drug-likeness (QED) is 0.177. The van der Waals surface area contributed by atoms with Crippen LogP contribution in [0.1, 0.15) is 25.7 Å². The zero-order valence-electron chi connectivity index (χ0n) is 10.9. The highest BCUT2D eigenvalue weighted by molar-refractivity contribution is 9.09. The summed E-state index contributed by atoms with van der Waals surface area (Å²) in [6, 6.07) is 5.25. The Morgan fingerprint density at radius 3 is 2.40 bits per heavy atom. The second kappa shape index (κ2) is 9.30. The molecule has 0 heterocycles. The van der Waals surface area contributed by atoms with Gasteiger partial charge < -0.3 is 9.47 Å². The smallest absolute Gasteiger partial charge is 0.434 e. The molecule has 0 aliphatic heterocycles. The van der Waals surface area contributed by atoms with Crippen LogP contribution in [0.3, 0.4) is 0 Å². The number of non-ortho nitro benzene ring substituents is 1. The van der Waals surface area contributed by atoms with Gasteiger partial charge in [-0.25, -0.2) is 4.79 Å². The van der Waals surface area contributed by atoms with Crippen molar-refractivity contribution in [2.45, 2.75) is 25.7 Å². The molecule has 0 fully saturated rings. The van der Waals surface area contributed by atoms with Crippen molar-refractivity contribution in [3.8, 4) is 5.75 Å². The number of rotatable bonds is 8. The molecule has 0 aromatic heterocycles. The van der Waals surface area contributed by atoms with Crippen LogP contribution in [-0.4, -0.2) is 23.0 Å². The number of alkyl halides is 1. The summed E-state index contributed by atoms with van der Waals surface area (Å²) in [6.45, 7) is 0.314. The minimum Gasteiger partial charge on any atom is -0.434 e. The van der Waals surface area contributed by atoms with Gasteiger partial charge in [0.1, 0.15) is 5.75 Å². The summed E-state index contributed by atoms with van der Waals surface area (Å²) in [6.07, 6.45) is 3.19. The molecular formula is C13H16BrNO5. The Morgan fingerprint density at radius 2 is 1.80 bits per heavy atom. The SMILES string of the molecule is O=C(OCCCCCCBr)Oc1ccc([N+](=O)[O-])cc1. The molecule has 0 bridgehead atoms. The van der Waals surface area contributed by atoms with Crippen molar-refractivity contribution in [1.82, 2.24) is 0 Å². The first-order valence-electron chi connectivity index (χ1n) is 6.28. The number of hydrogen-bond acceptors (Lipinski definition) is 5. The minimum absolute atomic E-state index is 0.0579. The van der Waals surface area contributed by atoms with E-state index >= 15 is 0 Å². The molecule has 0 radical (unpaired) electrons. The van der Waals surface area contributed by atoms with E-state index in [4.69, 9.17) is 9.47 Å². The fraction of sp³-hybridized carbons (Fsp3) is 0.462. The largest absolute Gasteiger partial charge is 0.513 e. The maximum atomic E-state index is 11.3. The van der Waals surface area contributed by atoms with Crippen LogP contribution in [0.2, 0.25) is 0 Å². The summed E-state index contributed by atoms with van der Waals surface area (Å²) in [5.74, 6) is 0.222. The molecule has 0 unspecified atom stereocenters. The lowest BCUT2D eigenvalue weighted by Crippen LogP contribution is -2.11. The lowest BCUT2D eigenvalue weighted by Gasteiger charge is -2.05. The Morgan fingerprint density at radius 1 is 1.15 bits per heavy atom. The summed E-state index contributed by atoms with van der Waals surface area (Å²) in [4.78, 5) is 21.3. The van der Waals surface area contributed by atoms with Crippen molar-refractivity contribution in [2.24, 2.45) is 0 Å². The van der Waals surface area contributed by atoms with Crippen LogP contribution in [0.4, 0.5) is 10.5 Å². The summed E-state index contributed by atoms with van der Waals surface area (Å²) in [5, 5.41) is 11.4. The third kappa shape index (κ3) is 6.51. The van der Waals surface area contributed by atoms with E-state index in [2.05, 4.69) is 15.9 Å². The number of ether oxygens (including phenoxy) is 2. The zero-order valence-corrected chi connectivity index (χ0v) is 12.5. The normalized spacial score (nSPS) is 10.1. The van der Waals surface area contributed by atoms with E-state index < -0.39 is 11.1 Å². The third-order valence-electron chi connectivity index (χ3n) is 2.50. The van der Waals surface area contributed by atoms with Crippen LogP contribution in [0.5, 0.6) is 5.75 Å². The van der Waals surface area contributed by atoms with Crippen LogP contribution in [0.15, 0.2) is 24.3 Å². The second-order valence-corrected chi connectivity index (χ2v) is 4.85. The van der Waals surface area contributed by atoms with Crippen LogP contribution < -0.4 is 4.74 Å². The number of benzene rings is 1. The monoisotopic (exact) mass is 345 g/mol. The van der Waals surface area contributed by atoms with Gasteiger partial charge in [-0.2, -0.15) is 0 Å². The van der Waals surface area contributed by atoms with Gasteiger partial charge >= 0.3 is 6.16 Å². The molecule has 20 heavy (non-hydrogen) atoms. The number of carbonyl (C=O) groups excluding carboxylic acids is 1. The number of nitro benzene ring substituents is 1. The van der Waals surface area contributed by atoms with E-state index in [1.807, 2.05) is 0 Å². The molecule has 6 nitrogen and oxygen atoms in total.